The minimum absolute atomic E-state index is 0.350. The number of rotatable bonds is 7. The number of carbonyl (C=O) groups excluding carboxylic acids is 3. The molecule has 0 unspecified atom stereocenters. The lowest BCUT2D eigenvalue weighted by molar-refractivity contribution is -0.146. The Morgan fingerprint density at radius 1 is 1.42 bits per heavy atom. The summed E-state index contributed by atoms with van der Waals surface area (Å²) in [5.74, 6) is -2.75. The highest BCUT2D eigenvalue weighted by atomic mass is 32.1. The second-order valence-electron chi connectivity index (χ2n) is 4.68. The summed E-state index contributed by atoms with van der Waals surface area (Å²) in [5.41, 5.74) is 0.719. The summed E-state index contributed by atoms with van der Waals surface area (Å²) >= 11 is 2.45. The van der Waals surface area contributed by atoms with Gasteiger partial charge in [0.1, 0.15) is 11.6 Å². The van der Waals surface area contributed by atoms with Crippen LogP contribution in [-0.2, 0) is 14.3 Å². The zero-order chi connectivity index (χ0) is 17.5. The molecule has 0 aliphatic carbocycles. The Morgan fingerprint density at radius 2 is 2.21 bits per heavy atom. The first-order valence-corrected chi connectivity index (χ1v) is 8.59. The Kier molecular flexibility index (Phi) is 6.17. The SMILES string of the molecule is Cc1csc([C@H](C#N)C(=O)COC(=O)CNC(=O)c2cccs2)n1. The maximum atomic E-state index is 12.0. The van der Waals surface area contributed by atoms with Crippen molar-refractivity contribution in [2.75, 3.05) is 13.2 Å². The standard InChI is InChI=1S/C15H13N3O4S2/c1-9-8-24-15(18-9)10(5-16)11(19)7-22-13(20)6-17-14(21)12-3-2-4-23-12/h2-4,8,10H,6-7H2,1H3,(H,17,21)/t10-/m1/s1. The van der Waals surface area contributed by atoms with Crippen LogP contribution in [0.15, 0.2) is 22.9 Å². The van der Waals surface area contributed by atoms with E-state index >= 15 is 0 Å². The molecule has 0 spiro atoms. The summed E-state index contributed by atoms with van der Waals surface area (Å²) in [6.07, 6.45) is 0. The number of aromatic nitrogens is 1. The van der Waals surface area contributed by atoms with Gasteiger partial charge in [-0.05, 0) is 18.4 Å². The lowest BCUT2D eigenvalue weighted by Crippen LogP contribution is -2.31. The zero-order valence-corrected chi connectivity index (χ0v) is 14.3. The van der Waals surface area contributed by atoms with E-state index in [1.54, 1.807) is 29.8 Å². The van der Waals surface area contributed by atoms with Gasteiger partial charge in [0.25, 0.3) is 5.91 Å². The maximum absolute atomic E-state index is 12.0. The molecule has 124 valence electrons. The molecule has 0 aliphatic heterocycles. The number of carbonyl (C=O) groups is 3. The molecule has 2 aromatic heterocycles. The number of nitriles is 1. The summed E-state index contributed by atoms with van der Waals surface area (Å²) < 4.78 is 4.81. The number of hydrogen-bond donors (Lipinski definition) is 1. The monoisotopic (exact) mass is 363 g/mol. The molecule has 1 amide bonds. The van der Waals surface area contributed by atoms with Gasteiger partial charge in [-0.25, -0.2) is 4.98 Å². The zero-order valence-electron chi connectivity index (χ0n) is 12.6. The van der Waals surface area contributed by atoms with Crippen LogP contribution in [0.5, 0.6) is 0 Å². The quantitative estimate of drug-likeness (QED) is 0.749. The molecule has 2 heterocycles. The van der Waals surface area contributed by atoms with Crippen LogP contribution in [0, 0.1) is 18.3 Å². The van der Waals surface area contributed by atoms with Gasteiger partial charge in [-0.1, -0.05) is 6.07 Å². The Hall–Kier alpha value is -2.57. The van der Waals surface area contributed by atoms with Gasteiger partial charge < -0.3 is 10.1 Å². The number of thiophene rings is 1. The molecule has 0 saturated heterocycles. The lowest BCUT2D eigenvalue weighted by Gasteiger charge is -2.07. The van der Waals surface area contributed by atoms with Gasteiger partial charge in [0.15, 0.2) is 18.3 Å². The highest BCUT2D eigenvalue weighted by molar-refractivity contribution is 7.12. The van der Waals surface area contributed by atoms with Crippen molar-refractivity contribution < 1.29 is 19.1 Å². The maximum Gasteiger partial charge on any atom is 0.325 e. The van der Waals surface area contributed by atoms with Gasteiger partial charge in [0.05, 0.1) is 10.9 Å². The minimum atomic E-state index is -1.06. The molecule has 24 heavy (non-hydrogen) atoms. The minimum Gasteiger partial charge on any atom is -0.456 e. The predicted molar refractivity (Wildman–Crippen MR) is 87.8 cm³/mol. The average molecular weight is 363 g/mol. The lowest BCUT2D eigenvalue weighted by atomic mass is 10.1. The van der Waals surface area contributed by atoms with Gasteiger partial charge in [-0.2, -0.15) is 5.26 Å². The first-order valence-electron chi connectivity index (χ1n) is 6.83. The van der Waals surface area contributed by atoms with E-state index in [2.05, 4.69) is 10.3 Å². The van der Waals surface area contributed by atoms with Crippen molar-refractivity contribution in [3.8, 4) is 6.07 Å². The smallest absolute Gasteiger partial charge is 0.325 e. The highest BCUT2D eigenvalue weighted by Gasteiger charge is 2.24. The van der Waals surface area contributed by atoms with E-state index in [9.17, 15) is 14.4 Å². The van der Waals surface area contributed by atoms with Crippen LogP contribution in [0.25, 0.3) is 0 Å². The fraction of sp³-hybridized carbons (Fsp3) is 0.267. The molecule has 7 nitrogen and oxygen atoms in total. The van der Waals surface area contributed by atoms with Crippen LogP contribution in [0.2, 0.25) is 0 Å². The van der Waals surface area contributed by atoms with E-state index in [4.69, 9.17) is 10.00 Å². The van der Waals surface area contributed by atoms with Crippen LogP contribution in [0.1, 0.15) is 26.3 Å². The second-order valence-corrected chi connectivity index (χ2v) is 6.51. The molecule has 2 rings (SSSR count). The molecule has 0 bridgehead atoms. The molecular formula is C15H13N3O4S2. The molecular weight excluding hydrogens is 350 g/mol. The van der Waals surface area contributed by atoms with E-state index < -0.39 is 24.3 Å². The van der Waals surface area contributed by atoms with Gasteiger partial charge in [-0.3, -0.25) is 14.4 Å². The molecule has 1 atom stereocenters. The van der Waals surface area contributed by atoms with Crippen molar-refractivity contribution in [2.24, 2.45) is 0 Å². The molecule has 1 N–H and O–H groups in total. The topological polar surface area (TPSA) is 109 Å². The van der Waals surface area contributed by atoms with Crippen LogP contribution in [0.3, 0.4) is 0 Å². The van der Waals surface area contributed by atoms with Crippen molar-refractivity contribution in [1.82, 2.24) is 10.3 Å². The van der Waals surface area contributed by atoms with E-state index in [-0.39, 0.29) is 12.5 Å². The van der Waals surface area contributed by atoms with Crippen molar-refractivity contribution in [3.63, 3.8) is 0 Å². The van der Waals surface area contributed by atoms with Crippen molar-refractivity contribution in [1.29, 1.82) is 5.26 Å². The molecule has 0 aliphatic rings. The van der Waals surface area contributed by atoms with E-state index in [0.29, 0.717) is 9.88 Å². The third-order valence-corrected chi connectivity index (χ3v) is 4.74. The number of hydrogen-bond acceptors (Lipinski definition) is 8. The number of thiazole rings is 1. The summed E-state index contributed by atoms with van der Waals surface area (Å²) in [7, 11) is 0. The molecule has 2 aromatic rings. The van der Waals surface area contributed by atoms with E-state index in [1.165, 1.54) is 22.7 Å². The predicted octanol–water partition coefficient (Wildman–Crippen LogP) is 1.66. The fourth-order valence-electron chi connectivity index (χ4n) is 1.70. The van der Waals surface area contributed by atoms with Crippen LogP contribution >= 0.6 is 22.7 Å². The third-order valence-electron chi connectivity index (χ3n) is 2.85. The number of ether oxygens (including phenoxy) is 1. The second kappa shape index (κ2) is 8.33. The van der Waals surface area contributed by atoms with Crippen molar-refractivity contribution in [3.05, 3.63) is 38.5 Å². The first-order chi connectivity index (χ1) is 11.5. The Bertz CT molecular complexity index is 777. The Balaban J connectivity index is 1.79. The van der Waals surface area contributed by atoms with E-state index in [0.717, 1.165) is 5.69 Å². The van der Waals surface area contributed by atoms with Gasteiger partial charge in [0.2, 0.25) is 0 Å². The molecule has 9 heteroatoms. The number of amides is 1. The molecule has 0 fully saturated rings. The summed E-state index contributed by atoms with van der Waals surface area (Å²) in [6, 6.07) is 5.21. The summed E-state index contributed by atoms with van der Waals surface area (Å²) in [5, 5.41) is 15.4. The van der Waals surface area contributed by atoms with Crippen molar-refractivity contribution in [2.45, 2.75) is 12.8 Å². The molecule has 0 aromatic carbocycles. The Morgan fingerprint density at radius 3 is 2.79 bits per heavy atom. The van der Waals surface area contributed by atoms with Gasteiger partial charge >= 0.3 is 5.97 Å². The summed E-state index contributed by atoms with van der Waals surface area (Å²) in [6.45, 7) is 0.872. The van der Waals surface area contributed by atoms with Crippen LogP contribution in [-0.4, -0.2) is 35.8 Å². The molecule has 0 saturated carbocycles. The van der Waals surface area contributed by atoms with Crippen molar-refractivity contribution >= 4 is 40.3 Å². The normalized spacial score (nSPS) is 11.3. The number of ketones is 1. The fourth-order valence-corrected chi connectivity index (χ4v) is 3.20. The third kappa shape index (κ3) is 4.71. The number of Topliss-reactive ketones (excluding diaryl/α,β-unsaturated/α-hetero) is 1. The Labute approximate surface area is 145 Å². The average Bonchev–Trinajstić information content (AvgIpc) is 3.23. The number of aryl methyl sites for hydroxylation is 1. The van der Waals surface area contributed by atoms with Gasteiger partial charge in [0, 0.05) is 11.1 Å². The van der Waals surface area contributed by atoms with E-state index in [1.807, 2.05) is 6.07 Å². The first kappa shape index (κ1) is 17.8. The summed E-state index contributed by atoms with van der Waals surface area (Å²) in [4.78, 5) is 39.8. The molecule has 0 radical (unpaired) electrons. The van der Waals surface area contributed by atoms with Crippen LogP contribution < -0.4 is 5.32 Å². The largest absolute Gasteiger partial charge is 0.456 e. The number of nitrogens with zero attached hydrogens (tertiary/aromatic N) is 2. The van der Waals surface area contributed by atoms with Gasteiger partial charge in [-0.15, -0.1) is 22.7 Å². The number of nitrogens with one attached hydrogen (secondary N) is 1. The van der Waals surface area contributed by atoms with Crippen LogP contribution in [0.4, 0.5) is 0 Å². The highest BCUT2D eigenvalue weighted by Crippen LogP contribution is 2.20. The number of esters is 1.